The summed E-state index contributed by atoms with van der Waals surface area (Å²) >= 11 is 0. The summed E-state index contributed by atoms with van der Waals surface area (Å²) in [5.74, 6) is -0.835. The highest BCUT2D eigenvalue weighted by molar-refractivity contribution is 5.74. The second-order valence-electron chi connectivity index (χ2n) is 3.93. The molecule has 0 radical (unpaired) electrons. The summed E-state index contributed by atoms with van der Waals surface area (Å²) in [4.78, 5) is 10.7. The fourth-order valence-corrected chi connectivity index (χ4v) is 1.68. The molecule has 0 aliphatic rings. The van der Waals surface area contributed by atoms with E-state index in [4.69, 9.17) is 10.8 Å². The number of allylic oxidation sites excluding steroid dienone is 1. The summed E-state index contributed by atoms with van der Waals surface area (Å²) in [6.07, 6.45) is 3.87. The third-order valence-corrected chi connectivity index (χ3v) is 2.69. The number of hydrogen-bond acceptors (Lipinski definition) is 3. The molecule has 0 aliphatic heterocycles. The van der Waals surface area contributed by atoms with Crippen molar-refractivity contribution in [2.24, 2.45) is 5.73 Å². The van der Waals surface area contributed by atoms with E-state index in [1.807, 2.05) is 19.9 Å². The number of aromatic hydroxyl groups is 1. The fraction of sp³-hybridized carbons (Fsp3) is 0.308. The molecule has 1 aromatic rings. The molecule has 0 saturated carbocycles. The van der Waals surface area contributed by atoms with Gasteiger partial charge in [0.05, 0.1) is 0 Å². The molecular formula is C13H17NO3. The summed E-state index contributed by atoms with van der Waals surface area (Å²) < 4.78 is 0. The molecule has 0 bridgehead atoms. The summed E-state index contributed by atoms with van der Waals surface area (Å²) in [7, 11) is 0. The van der Waals surface area contributed by atoms with E-state index in [0.29, 0.717) is 5.56 Å². The number of carboxylic acids is 1. The number of aliphatic carboxylic acids is 1. The highest BCUT2D eigenvalue weighted by atomic mass is 16.4. The van der Waals surface area contributed by atoms with E-state index in [1.165, 1.54) is 0 Å². The summed E-state index contributed by atoms with van der Waals surface area (Å²) in [5, 5.41) is 18.5. The monoisotopic (exact) mass is 235 g/mol. The lowest BCUT2D eigenvalue weighted by atomic mass is 9.96. The lowest BCUT2D eigenvalue weighted by molar-refractivity contribution is -0.138. The Hall–Kier alpha value is -1.81. The minimum Gasteiger partial charge on any atom is -0.507 e. The maximum Gasteiger partial charge on any atom is 0.320 e. The van der Waals surface area contributed by atoms with Crippen molar-refractivity contribution in [1.29, 1.82) is 0 Å². The maximum atomic E-state index is 10.7. The quantitative estimate of drug-likeness (QED) is 0.741. The Morgan fingerprint density at radius 1 is 1.53 bits per heavy atom. The number of benzene rings is 1. The van der Waals surface area contributed by atoms with Crippen LogP contribution in [-0.2, 0) is 11.2 Å². The molecule has 4 N–H and O–H groups in total. The van der Waals surface area contributed by atoms with E-state index in [9.17, 15) is 9.90 Å². The summed E-state index contributed by atoms with van der Waals surface area (Å²) in [6, 6.07) is 2.35. The van der Waals surface area contributed by atoms with Crippen molar-refractivity contribution in [3.8, 4) is 5.75 Å². The van der Waals surface area contributed by atoms with E-state index in [2.05, 4.69) is 0 Å². The number of nitrogens with two attached hydrogens (primary N) is 1. The molecule has 0 aliphatic carbocycles. The van der Waals surface area contributed by atoms with Crippen molar-refractivity contribution < 1.29 is 15.0 Å². The van der Waals surface area contributed by atoms with Gasteiger partial charge < -0.3 is 15.9 Å². The second-order valence-corrected chi connectivity index (χ2v) is 3.93. The van der Waals surface area contributed by atoms with Crippen molar-refractivity contribution in [1.82, 2.24) is 0 Å². The van der Waals surface area contributed by atoms with Crippen LogP contribution in [0, 0.1) is 6.92 Å². The number of hydrogen-bond donors (Lipinski definition) is 3. The Morgan fingerprint density at radius 2 is 2.18 bits per heavy atom. The minimum absolute atomic E-state index is 0.188. The van der Waals surface area contributed by atoms with Crippen LogP contribution in [0.1, 0.15) is 23.6 Å². The molecule has 0 unspecified atom stereocenters. The Balaban J connectivity index is 3.10. The van der Waals surface area contributed by atoms with E-state index >= 15 is 0 Å². The highest BCUT2D eigenvalue weighted by Crippen LogP contribution is 2.26. The molecule has 1 rings (SSSR count). The molecule has 0 fully saturated rings. The fourth-order valence-electron chi connectivity index (χ4n) is 1.68. The Morgan fingerprint density at radius 3 is 2.71 bits per heavy atom. The van der Waals surface area contributed by atoms with Gasteiger partial charge in [-0.25, -0.2) is 0 Å². The van der Waals surface area contributed by atoms with E-state index in [0.717, 1.165) is 11.1 Å². The van der Waals surface area contributed by atoms with Crippen LogP contribution < -0.4 is 5.73 Å². The zero-order chi connectivity index (χ0) is 13.0. The molecular weight excluding hydrogens is 218 g/mol. The summed E-state index contributed by atoms with van der Waals surface area (Å²) in [6.45, 7) is 3.70. The molecule has 0 saturated heterocycles. The standard InChI is InChI=1S/C13H17NO3/c1-3-4-10-8(2)9(5-6-12(10)15)7-11(14)13(16)17/h3-6,11,15H,7,14H2,1-2H3,(H,16,17)/t11-/m0/s1. The smallest absolute Gasteiger partial charge is 0.320 e. The van der Waals surface area contributed by atoms with Crippen LogP contribution in [0.15, 0.2) is 18.2 Å². The van der Waals surface area contributed by atoms with Gasteiger partial charge in [-0.2, -0.15) is 0 Å². The number of carboxylic acid groups (broad SMARTS) is 1. The zero-order valence-corrected chi connectivity index (χ0v) is 9.97. The van der Waals surface area contributed by atoms with Gasteiger partial charge in [0.25, 0.3) is 0 Å². The summed E-state index contributed by atoms with van der Waals surface area (Å²) in [5.41, 5.74) is 7.91. The van der Waals surface area contributed by atoms with Crippen molar-refractivity contribution in [2.45, 2.75) is 26.3 Å². The third-order valence-electron chi connectivity index (χ3n) is 2.69. The van der Waals surface area contributed by atoms with Crippen LogP contribution >= 0.6 is 0 Å². The molecule has 4 heteroatoms. The lowest BCUT2D eigenvalue weighted by Gasteiger charge is -2.12. The van der Waals surface area contributed by atoms with Gasteiger partial charge in [0.15, 0.2) is 0 Å². The van der Waals surface area contributed by atoms with Crippen molar-refractivity contribution in [3.63, 3.8) is 0 Å². The zero-order valence-electron chi connectivity index (χ0n) is 9.97. The topological polar surface area (TPSA) is 83.5 Å². The first-order chi connectivity index (χ1) is 7.97. The normalized spacial score (nSPS) is 12.9. The molecule has 0 heterocycles. The molecule has 92 valence electrons. The number of phenols is 1. The first-order valence-corrected chi connectivity index (χ1v) is 5.40. The van der Waals surface area contributed by atoms with E-state index in [-0.39, 0.29) is 12.2 Å². The van der Waals surface area contributed by atoms with E-state index < -0.39 is 12.0 Å². The van der Waals surface area contributed by atoms with Crippen molar-refractivity contribution in [2.75, 3.05) is 0 Å². The molecule has 1 atom stereocenters. The van der Waals surface area contributed by atoms with Crippen LogP contribution in [-0.4, -0.2) is 22.2 Å². The molecule has 1 aromatic carbocycles. The minimum atomic E-state index is -1.02. The predicted molar refractivity (Wildman–Crippen MR) is 66.9 cm³/mol. The highest BCUT2D eigenvalue weighted by Gasteiger charge is 2.15. The second kappa shape index (κ2) is 5.50. The van der Waals surface area contributed by atoms with Crippen molar-refractivity contribution >= 4 is 12.0 Å². The van der Waals surface area contributed by atoms with Crippen LogP contribution in [0.25, 0.3) is 6.08 Å². The molecule has 4 nitrogen and oxygen atoms in total. The number of carbonyl (C=O) groups is 1. The molecule has 0 aromatic heterocycles. The first kappa shape index (κ1) is 13.3. The van der Waals surface area contributed by atoms with Crippen LogP contribution in [0.4, 0.5) is 0 Å². The van der Waals surface area contributed by atoms with Gasteiger partial charge in [-0.05, 0) is 37.5 Å². The lowest BCUT2D eigenvalue weighted by Crippen LogP contribution is -2.32. The van der Waals surface area contributed by atoms with Gasteiger partial charge in [-0.1, -0.05) is 18.2 Å². The van der Waals surface area contributed by atoms with Gasteiger partial charge in [-0.3, -0.25) is 4.79 Å². The van der Waals surface area contributed by atoms with Crippen LogP contribution in [0.3, 0.4) is 0 Å². The number of phenolic OH excluding ortho intramolecular Hbond substituents is 1. The van der Waals surface area contributed by atoms with Crippen LogP contribution in [0.5, 0.6) is 5.75 Å². The van der Waals surface area contributed by atoms with Crippen molar-refractivity contribution in [3.05, 3.63) is 34.9 Å². The Kier molecular flexibility index (Phi) is 4.29. The predicted octanol–water partition coefficient (Wildman–Crippen LogP) is 1.69. The van der Waals surface area contributed by atoms with E-state index in [1.54, 1.807) is 18.2 Å². The third kappa shape index (κ3) is 3.07. The molecule has 0 spiro atoms. The SMILES string of the molecule is CC=Cc1c(O)ccc(C[C@H](N)C(=O)O)c1C. The van der Waals surface area contributed by atoms with Gasteiger partial charge >= 0.3 is 5.97 Å². The van der Waals surface area contributed by atoms with Gasteiger partial charge in [0.1, 0.15) is 11.8 Å². The average Bonchev–Trinajstić information content (AvgIpc) is 2.28. The first-order valence-electron chi connectivity index (χ1n) is 5.40. The Labute approximate surface area is 100 Å². The Bertz CT molecular complexity index is 452. The van der Waals surface area contributed by atoms with Gasteiger partial charge in [0, 0.05) is 5.56 Å². The molecule has 0 amide bonds. The molecule has 17 heavy (non-hydrogen) atoms. The maximum absolute atomic E-state index is 10.7. The largest absolute Gasteiger partial charge is 0.507 e. The number of rotatable bonds is 4. The van der Waals surface area contributed by atoms with Gasteiger partial charge in [-0.15, -0.1) is 0 Å². The van der Waals surface area contributed by atoms with Crippen LogP contribution in [0.2, 0.25) is 0 Å². The average molecular weight is 235 g/mol. The van der Waals surface area contributed by atoms with Gasteiger partial charge in [0.2, 0.25) is 0 Å².